The summed E-state index contributed by atoms with van der Waals surface area (Å²) in [4.78, 5) is 43.0. The Morgan fingerprint density at radius 3 is 2.33 bits per heavy atom. The predicted molar refractivity (Wildman–Crippen MR) is 150 cm³/mol. The van der Waals surface area contributed by atoms with Gasteiger partial charge in [-0.3, -0.25) is 23.8 Å². The van der Waals surface area contributed by atoms with Gasteiger partial charge in [0.05, 0.1) is 32.0 Å². The zero-order valence-corrected chi connectivity index (χ0v) is 23.3. The largest absolute Gasteiger partial charge is 0.493 e. The Balaban J connectivity index is 1.39. The van der Waals surface area contributed by atoms with Gasteiger partial charge >= 0.3 is 5.69 Å². The second-order valence-corrected chi connectivity index (χ2v) is 9.28. The van der Waals surface area contributed by atoms with E-state index in [1.807, 2.05) is 6.92 Å². The van der Waals surface area contributed by atoms with Crippen LogP contribution >= 0.6 is 0 Å². The quantitative estimate of drug-likeness (QED) is 0.295. The number of benzene rings is 2. The molecule has 1 N–H and O–H groups in total. The van der Waals surface area contributed by atoms with Crippen molar-refractivity contribution in [3.05, 3.63) is 92.4 Å². The van der Waals surface area contributed by atoms with Gasteiger partial charge in [-0.1, -0.05) is 0 Å². The molecule has 0 saturated carbocycles. The van der Waals surface area contributed by atoms with Crippen LogP contribution in [0.25, 0.3) is 10.9 Å². The monoisotopic (exact) mass is 575 g/mol. The van der Waals surface area contributed by atoms with E-state index < -0.39 is 28.7 Å². The summed E-state index contributed by atoms with van der Waals surface area (Å²) in [6.07, 6.45) is 1.51. The first kappa shape index (κ1) is 28.0. The molecule has 1 amide bonds. The Kier molecular flexibility index (Phi) is 7.44. The predicted octanol–water partition coefficient (Wildman–Crippen LogP) is 2.78. The minimum Gasteiger partial charge on any atom is -0.493 e. The molecule has 0 fully saturated rings. The van der Waals surface area contributed by atoms with Gasteiger partial charge in [0.15, 0.2) is 23.1 Å². The van der Waals surface area contributed by atoms with Crippen LogP contribution in [-0.4, -0.2) is 49.2 Å². The molecule has 0 spiro atoms. The number of hydrogen-bond acceptors (Lipinski definition) is 9. The number of carbonyl (C=O) groups is 1. The standard InChI is InChI=1S/C28H26FN7O6/c1-15-10-17(32-34(15)2)14-36-27(38)25(33-35(3)28(36)39)26(37)31-16-6-7-22(19(29)11-16)42-21-8-9-30-20-13-24(41-5)23(40-4)12-18(20)21/h6-13H,14H2,1-5H3,(H,31,37). The van der Waals surface area contributed by atoms with E-state index in [1.54, 1.807) is 36.0 Å². The number of rotatable bonds is 8. The van der Waals surface area contributed by atoms with E-state index in [4.69, 9.17) is 14.2 Å². The van der Waals surface area contributed by atoms with Crippen LogP contribution in [0.1, 0.15) is 21.9 Å². The molecule has 5 rings (SSSR count). The van der Waals surface area contributed by atoms with E-state index in [9.17, 15) is 14.4 Å². The number of pyridine rings is 1. The van der Waals surface area contributed by atoms with Crippen LogP contribution in [0.2, 0.25) is 0 Å². The molecule has 0 aliphatic rings. The molecule has 3 aromatic heterocycles. The van der Waals surface area contributed by atoms with Gasteiger partial charge in [0.2, 0.25) is 5.69 Å². The van der Waals surface area contributed by atoms with Gasteiger partial charge < -0.3 is 19.5 Å². The molecular weight excluding hydrogens is 549 g/mol. The topological polar surface area (TPSA) is 144 Å². The highest BCUT2D eigenvalue weighted by Crippen LogP contribution is 2.37. The molecule has 5 aromatic rings. The zero-order chi connectivity index (χ0) is 30.1. The Morgan fingerprint density at radius 2 is 1.67 bits per heavy atom. The second-order valence-electron chi connectivity index (χ2n) is 9.28. The normalized spacial score (nSPS) is 11.0. The van der Waals surface area contributed by atoms with Crippen LogP contribution in [-0.2, 0) is 20.6 Å². The molecule has 3 heterocycles. The molecule has 0 aliphatic heterocycles. The Labute approximate surface area is 237 Å². The van der Waals surface area contributed by atoms with Crippen molar-refractivity contribution in [2.45, 2.75) is 13.5 Å². The summed E-state index contributed by atoms with van der Waals surface area (Å²) in [6, 6.07) is 10.4. The first-order valence-corrected chi connectivity index (χ1v) is 12.6. The van der Waals surface area contributed by atoms with Gasteiger partial charge in [0, 0.05) is 49.2 Å². The molecule has 14 heteroatoms. The van der Waals surface area contributed by atoms with Gasteiger partial charge in [-0.05, 0) is 37.3 Å². The fourth-order valence-corrected chi connectivity index (χ4v) is 4.29. The van der Waals surface area contributed by atoms with E-state index in [-0.39, 0.29) is 18.0 Å². The summed E-state index contributed by atoms with van der Waals surface area (Å²) >= 11 is 0. The third-order valence-corrected chi connectivity index (χ3v) is 6.52. The lowest BCUT2D eigenvalue weighted by atomic mass is 10.2. The van der Waals surface area contributed by atoms with Crippen molar-refractivity contribution in [1.82, 2.24) is 29.1 Å². The molecular formula is C28H26FN7O6. The zero-order valence-electron chi connectivity index (χ0n) is 23.3. The molecule has 42 heavy (non-hydrogen) atoms. The number of aromatic nitrogens is 6. The van der Waals surface area contributed by atoms with Crippen LogP contribution in [0.15, 0.2) is 58.3 Å². The van der Waals surface area contributed by atoms with Crippen molar-refractivity contribution in [3.8, 4) is 23.0 Å². The maximum absolute atomic E-state index is 15.1. The maximum atomic E-state index is 15.1. The highest BCUT2D eigenvalue weighted by atomic mass is 19.1. The summed E-state index contributed by atoms with van der Waals surface area (Å²) in [5.74, 6) is -0.585. The molecule has 2 aromatic carbocycles. The second kappa shape index (κ2) is 11.2. The van der Waals surface area contributed by atoms with Crippen molar-refractivity contribution >= 4 is 22.5 Å². The van der Waals surface area contributed by atoms with Gasteiger partial charge in [-0.2, -0.15) is 10.2 Å². The molecule has 0 unspecified atom stereocenters. The number of aryl methyl sites for hydroxylation is 3. The van der Waals surface area contributed by atoms with E-state index in [0.717, 1.165) is 21.0 Å². The van der Waals surface area contributed by atoms with Crippen molar-refractivity contribution in [2.24, 2.45) is 14.1 Å². The first-order chi connectivity index (χ1) is 20.1. The average molecular weight is 576 g/mol. The molecule has 0 aliphatic carbocycles. The number of halogens is 1. The maximum Gasteiger partial charge on any atom is 0.347 e. The van der Waals surface area contributed by atoms with Gasteiger partial charge in [-0.25, -0.2) is 13.9 Å². The van der Waals surface area contributed by atoms with E-state index >= 15 is 4.39 Å². The highest BCUT2D eigenvalue weighted by molar-refractivity contribution is 6.02. The van der Waals surface area contributed by atoms with Crippen LogP contribution in [0.4, 0.5) is 10.1 Å². The number of fused-ring (bicyclic) bond motifs is 1. The fourth-order valence-electron chi connectivity index (χ4n) is 4.29. The van der Waals surface area contributed by atoms with Crippen LogP contribution < -0.4 is 30.8 Å². The Morgan fingerprint density at radius 1 is 0.929 bits per heavy atom. The molecule has 216 valence electrons. The SMILES string of the molecule is COc1cc2nccc(Oc3ccc(NC(=O)c4nn(C)c(=O)n(Cc5cc(C)n(C)n5)c4=O)cc3F)c2cc1OC. The minimum atomic E-state index is -0.921. The Bertz CT molecular complexity index is 1940. The summed E-state index contributed by atoms with van der Waals surface area (Å²) in [5, 5.41) is 11.1. The fraction of sp³-hybridized carbons (Fsp3) is 0.214. The van der Waals surface area contributed by atoms with Gasteiger partial charge in [0.1, 0.15) is 5.75 Å². The lowest BCUT2D eigenvalue weighted by Gasteiger charge is -2.13. The van der Waals surface area contributed by atoms with E-state index in [2.05, 4.69) is 20.5 Å². The summed E-state index contributed by atoms with van der Waals surface area (Å²) in [5.41, 5.74) is -0.292. The van der Waals surface area contributed by atoms with Crippen molar-refractivity contribution < 1.29 is 23.4 Å². The molecule has 13 nitrogen and oxygen atoms in total. The number of anilines is 1. The molecule has 0 bridgehead atoms. The summed E-state index contributed by atoms with van der Waals surface area (Å²) in [6.45, 7) is 1.67. The molecule has 0 saturated heterocycles. The number of amides is 1. The van der Waals surface area contributed by atoms with Crippen molar-refractivity contribution in [2.75, 3.05) is 19.5 Å². The minimum absolute atomic E-state index is 0.0396. The molecule has 0 radical (unpaired) electrons. The number of carbonyl (C=O) groups excluding carboxylic acids is 1. The van der Waals surface area contributed by atoms with E-state index in [0.29, 0.717) is 33.8 Å². The van der Waals surface area contributed by atoms with Gasteiger partial charge in [-0.15, -0.1) is 0 Å². The third kappa shape index (κ3) is 5.29. The number of hydrogen-bond donors (Lipinski definition) is 1. The number of ether oxygens (including phenoxy) is 3. The number of methoxy groups -OCH3 is 2. The Hall–Kier alpha value is -5.53. The molecule has 0 atom stereocenters. The van der Waals surface area contributed by atoms with Gasteiger partial charge in [0.25, 0.3) is 11.5 Å². The highest BCUT2D eigenvalue weighted by Gasteiger charge is 2.21. The van der Waals surface area contributed by atoms with Crippen LogP contribution in [0.5, 0.6) is 23.0 Å². The van der Waals surface area contributed by atoms with Crippen molar-refractivity contribution in [3.63, 3.8) is 0 Å². The summed E-state index contributed by atoms with van der Waals surface area (Å²) in [7, 11) is 6.05. The lowest BCUT2D eigenvalue weighted by Crippen LogP contribution is -2.44. The van der Waals surface area contributed by atoms with E-state index in [1.165, 1.54) is 39.6 Å². The number of nitrogens with zero attached hydrogens (tertiary/aromatic N) is 6. The van der Waals surface area contributed by atoms with Crippen LogP contribution in [0.3, 0.4) is 0 Å². The lowest BCUT2D eigenvalue weighted by molar-refractivity contribution is 0.101. The third-order valence-electron chi connectivity index (χ3n) is 6.52. The number of nitrogens with one attached hydrogen (secondary N) is 1. The smallest absolute Gasteiger partial charge is 0.347 e. The van der Waals surface area contributed by atoms with Crippen molar-refractivity contribution in [1.29, 1.82) is 0 Å². The first-order valence-electron chi connectivity index (χ1n) is 12.6. The summed E-state index contributed by atoms with van der Waals surface area (Å²) < 4.78 is 35.0. The van der Waals surface area contributed by atoms with Crippen LogP contribution in [0, 0.1) is 12.7 Å². The average Bonchev–Trinajstić information content (AvgIpc) is 3.29.